The summed E-state index contributed by atoms with van der Waals surface area (Å²) in [6, 6.07) is 4.99. The first-order valence-corrected chi connectivity index (χ1v) is 9.78. The molecule has 31 heavy (non-hydrogen) atoms. The normalized spacial score (nSPS) is 15.1. The molecule has 1 aliphatic rings. The molecule has 6 nitrogen and oxygen atoms in total. The Labute approximate surface area is 179 Å². The SMILES string of the molecule is Cc1c(C#N)[nH]c2c1C(C)(C)CN(C(=O)c1ccc(F)c(F)c1)C=C2C(=O)OC(C)C. The van der Waals surface area contributed by atoms with Crippen molar-refractivity contribution in [2.45, 2.75) is 46.1 Å². The van der Waals surface area contributed by atoms with Crippen molar-refractivity contribution in [3.05, 3.63) is 64.1 Å². The van der Waals surface area contributed by atoms with Gasteiger partial charge in [-0.1, -0.05) is 13.8 Å². The fraction of sp³-hybridized carbons (Fsp3) is 0.348. The Morgan fingerprint density at radius 1 is 1.26 bits per heavy atom. The summed E-state index contributed by atoms with van der Waals surface area (Å²) in [4.78, 5) is 30.3. The molecule has 0 unspecified atom stereocenters. The van der Waals surface area contributed by atoms with Crippen LogP contribution in [-0.2, 0) is 14.9 Å². The summed E-state index contributed by atoms with van der Waals surface area (Å²) in [5.74, 6) is -3.45. The predicted molar refractivity (Wildman–Crippen MR) is 110 cm³/mol. The van der Waals surface area contributed by atoms with Crippen LogP contribution in [0.15, 0.2) is 24.4 Å². The first kappa shape index (κ1) is 22.2. The summed E-state index contributed by atoms with van der Waals surface area (Å²) in [6.45, 7) is 9.07. The number of halogens is 2. The van der Waals surface area contributed by atoms with E-state index in [4.69, 9.17) is 4.74 Å². The summed E-state index contributed by atoms with van der Waals surface area (Å²) >= 11 is 0. The van der Waals surface area contributed by atoms with Crippen LogP contribution in [0.25, 0.3) is 5.57 Å². The van der Waals surface area contributed by atoms with E-state index in [1.54, 1.807) is 20.8 Å². The molecule has 0 saturated carbocycles. The van der Waals surface area contributed by atoms with Crippen LogP contribution in [0.4, 0.5) is 8.78 Å². The van der Waals surface area contributed by atoms with E-state index in [1.807, 2.05) is 13.8 Å². The average molecular weight is 427 g/mol. The summed E-state index contributed by atoms with van der Waals surface area (Å²) in [6.07, 6.45) is 0.939. The second-order valence-electron chi connectivity index (χ2n) is 8.43. The molecular weight excluding hydrogens is 404 g/mol. The number of hydrogen-bond donors (Lipinski definition) is 1. The molecule has 1 aliphatic heterocycles. The molecule has 1 aromatic carbocycles. The summed E-state index contributed by atoms with van der Waals surface area (Å²) in [5.41, 5.74) is 1.48. The molecule has 0 saturated heterocycles. The van der Waals surface area contributed by atoms with Gasteiger partial charge >= 0.3 is 5.97 Å². The van der Waals surface area contributed by atoms with Crippen LogP contribution in [-0.4, -0.2) is 34.4 Å². The van der Waals surface area contributed by atoms with E-state index in [2.05, 4.69) is 11.1 Å². The van der Waals surface area contributed by atoms with E-state index in [0.29, 0.717) is 17.0 Å². The minimum absolute atomic E-state index is 0.0532. The monoisotopic (exact) mass is 427 g/mol. The van der Waals surface area contributed by atoms with Gasteiger partial charge in [0.15, 0.2) is 11.6 Å². The Hall–Kier alpha value is -3.47. The maximum atomic E-state index is 13.7. The van der Waals surface area contributed by atoms with Crippen LogP contribution in [0.1, 0.15) is 60.6 Å². The van der Waals surface area contributed by atoms with Crippen LogP contribution >= 0.6 is 0 Å². The van der Waals surface area contributed by atoms with E-state index >= 15 is 0 Å². The molecule has 0 spiro atoms. The Morgan fingerprint density at radius 3 is 2.52 bits per heavy atom. The number of benzene rings is 1. The molecule has 1 N–H and O–H groups in total. The molecule has 8 heteroatoms. The lowest BCUT2D eigenvalue weighted by Gasteiger charge is -2.30. The number of hydrogen-bond acceptors (Lipinski definition) is 4. The number of carbonyl (C=O) groups excluding carboxylic acids is 2. The Bertz CT molecular complexity index is 1140. The maximum Gasteiger partial charge on any atom is 0.342 e. The van der Waals surface area contributed by atoms with Crippen molar-refractivity contribution in [2.75, 3.05) is 6.54 Å². The van der Waals surface area contributed by atoms with Gasteiger partial charge in [-0.05, 0) is 50.1 Å². The topological polar surface area (TPSA) is 86.2 Å². The summed E-state index contributed by atoms with van der Waals surface area (Å²) in [5, 5.41) is 9.47. The molecule has 0 atom stereocenters. The van der Waals surface area contributed by atoms with Crippen molar-refractivity contribution in [3.8, 4) is 6.07 Å². The van der Waals surface area contributed by atoms with Crippen LogP contribution < -0.4 is 0 Å². The molecule has 0 radical (unpaired) electrons. The van der Waals surface area contributed by atoms with E-state index in [-0.39, 0.29) is 17.7 Å². The van der Waals surface area contributed by atoms with Crippen LogP contribution in [0, 0.1) is 29.9 Å². The first-order valence-electron chi connectivity index (χ1n) is 9.78. The number of carbonyl (C=O) groups is 2. The van der Waals surface area contributed by atoms with Gasteiger partial charge in [0.25, 0.3) is 5.91 Å². The Kier molecular flexibility index (Phi) is 5.72. The maximum absolute atomic E-state index is 13.7. The number of nitrogens with zero attached hydrogens (tertiary/aromatic N) is 2. The van der Waals surface area contributed by atoms with Gasteiger partial charge in [-0.2, -0.15) is 5.26 Å². The van der Waals surface area contributed by atoms with E-state index in [0.717, 1.165) is 17.7 Å². The van der Waals surface area contributed by atoms with Crippen molar-refractivity contribution < 1.29 is 23.1 Å². The molecule has 0 aliphatic carbocycles. The largest absolute Gasteiger partial charge is 0.459 e. The molecule has 1 amide bonds. The average Bonchev–Trinajstić information content (AvgIpc) is 2.96. The third kappa shape index (κ3) is 4.08. The number of fused-ring (bicyclic) bond motifs is 1. The van der Waals surface area contributed by atoms with Gasteiger partial charge in [-0.15, -0.1) is 0 Å². The second-order valence-corrected chi connectivity index (χ2v) is 8.43. The lowest BCUT2D eigenvalue weighted by Crippen LogP contribution is -2.37. The number of H-pyrrole nitrogens is 1. The minimum atomic E-state index is -1.14. The van der Waals surface area contributed by atoms with Crippen molar-refractivity contribution in [1.82, 2.24) is 9.88 Å². The highest BCUT2D eigenvalue weighted by Gasteiger charge is 2.38. The fourth-order valence-corrected chi connectivity index (χ4v) is 3.88. The molecular formula is C23H23F2N3O3. The number of esters is 1. The fourth-order valence-electron chi connectivity index (χ4n) is 3.88. The van der Waals surface area contributed by atoms with Crippen molar-refractivity contribution in [1.29, 1.82) is 5.26 Å². The van der Waals surface area contributed by atoms with Gasteiger partial charge in [-0.3, -0.25) is 4.79 Å². The number of aromatic nitrogens is 1. The second kappa shape index (κ2) is 7.99. The van der Waals surface area contributed by atoms with E-state index in [1.165, 1.54) is 17.2 Å². The standard InChI is InChI=1S/C23H23F2N3O3/c1-12(2)31-22(30)15-10-28(21(29)14-6-7-16(24)17(25)8-14)11-23(4,5)19-13(3)18(9-26)27-20(15)19/h6-8,10,12,27H,11H2,1-5H3. The number of aromatic amines is 1. The first-order chi connectivity index (χ1) is 14.5. The van der Waals surface area contributed by atoms with Gasteiger partial charge in [-0.25, -0.2) is 13.6 Å². The third-order valence-corrected chi connectivity index (χ3v) is 5.15. The highest BCUT2D eigenvalue weighted by molar-refractivity contribution is 6.17. The lowest BCUT2D eigenvalue weighted by atomic mass is 9.81. The van der Waals surface area contributed by atoms with Gasteiger partial charge in [0, 0.05) is 23.7 Å². The zero-order valence-corrected chi connectivity index (χ0v) is 18.0. The Balaban J connectivity index is 2.18. The highest BCUT2D eigenvalue weighted by Crippen LogP contribution is 2.39. The molecule has 0 fully saturated rings. The number of amides is 1. The van der Waals surface area contributed by atoms with Crippen molar-refractivity contribution in [3.63, 3.8) is 0 Å². The summed E-state index contributed by atoms with van der Waals surface area (Å²) < 4.78 is 32.4. The minimum Gasteiger partial charge on any atom is -0.459 e. The third-order valence-electron chi connectivity index (χ3n) is 5.15. The van der Waals surface area contributed by atoms with Crippen LogP contribution in [0.5, 0.6) is 0 Å². The number of nitrogens with one attached hydrogen (secondary N) is 1. The quantitative estimate of drug-likeness (QED) is 0.744. The van der Waals surface area contributed by atoms with Crippen molar-refractivity contribution in [2.24, 2.45) is 0 Å². The molecule has 3 rings (SSSR count). The van der Waals surface area contributed by atoms with Crippen LogP contribution in [0.3, 0.4) is 0 Å². The molecule has 2 heterocycles. The van der Waals surface area contributed by atoms with Crippen LogP contribution in [0.2, 0.25) is 0 Å². The smallest absolute Gasteiger partial charge is 0.342 e. The lowest BCUT2D eigenvalue weighted by molar-refractivity contribution is -0.140. The van der Waals surface area contributed by atoms with E-state index < -0.39 is 35.0 Å². The molecule has 162 valence electrons. The number of nitriles is 1. The van der Waals surface area contributed by atoms with Gasteiger partial charge < -0.3 is 14.6 Å². The number of ether oxygens (including phenoxy) is 1. The zero-order chi connectivity index (χ0) is 23.1. The highest BCUT2D eigenvalue weighted by atomic mass is 19.2. The molecule has 0 bridgehead atoms. The molecule has 2 aromatic rings. The van der Waals surface area contributed by atoms with Crippen molar-refractivity contribution >= 4 is 17.4 Å². The van der Waals surface area contributed by atoms with Gasteiger partial charge in [0.1, 0.15) is 11.8 Å². The van der Waals surface area contributed by atoms with E-state index in [9.17, 15) is 23.6 Å². The number of rotatable bonds is 3. The molecule has 1 aromatic heterocycles. The summed E-state index contributed by atoms with van der Waals surface area (Å²) in [7, 11) is 0. The zero-order valence-electron chi connectivity index (χ0n) is 18.0. The van der Waals surface area contributed by atoms with Gasteiger partial charge in [0.2, 0.25) is 0 Å². The van der Waals surface area contributed by atoms with Gasteiger partial charge in [0.05, 0.1) is 17.4 Å². The predicted octanol–water partition coefficient (Wildman–Crippen LogP) is 4.20. The Morgan fingerprint density at radius 2 is 1.94 bits per heavy atom.